The summed E-state index contributed by atoms with van der Waals surface area (Å²) in [6.45, 7) is 0. The third-order valence-corrected chi connectivity index (χ3v) is 2.98. The predicted molar refractivity (Wildman–Crippen MR) is 72.2 cm³/mol. The van der Waals surface area contributed by atoms with E-state index in [0.29, 0.717) is 6.42 Å². The summed E-state index contributed by atoms with van der Waals surface area (Å²) in [6.07, 6.45) is 2.12. The normalized spacial score (nSPS) is 12.1. The van der Waals surface area contributed by atoms with Crippen molar-refractivity contribution in [1.29, 1.82) is 0 Å². The molecule has 100 valence electrons. The molecule has 2 rings (SSSR count). The largest absolute Gasteiger partial charge is 0.467 e. The van der Waals surface area contributed by atoms with E-state index in [9.17, 15) is 9.59 Å². The molecule has 0 aliphatic carbocycles. The third kappa shape index (κ3) is 3.06. The molecule has 0 aliphatic rings. The predicted octanol–water partition coefficient (Wildman–Crippen LogP) is 2.20. The van der Waals surface area contributed by atoms with Crippen LogP contribution in [0.15, 0.2) is 30.5 Å². The fourth-order valence-electron chi connectivity index (χ4n) is 1.99. The van der Waals surface area contributed by atoms with Crippen LogP contribution in [-0.2, 0) is 16.0 Å². The van der Waals surface area contributed by atoms with Gasteiger partial charge in [0.2, 0.25) is 0 Å². The maximum Gasteiger partial charge on any atom is 0.328 e. The number of fused-ring (bicyclic) bond motifs is 1. The molecule has 0 saturated heterocycles. The standard InChI is InChI=1S/C13H13ClN2O3/c1-19-12(17)11(16-13(14)18)6-8-7-15-10-5-3-2-4-9(8)10/h2-5,7,11,15H,6H2,1H3,(H,16,18)/t11-/m0/s1. The quantitative estimate of drug-likeness (QED) is 0.512. The van der Waals surface area contributed by atoms with Crippen LogP contribution in [0.1, 0.15) is 5.56 Å². The smallest absolute Gasteiger partial charge is 0.328 e. The fourth-order valence-corrected chi connectivity index (χ4v) is 2.12. The van der Waals surface area contributed by atoms with E-state index in [1.54, 1.807) is 6.20 Å². The van der Waals surface area contributed by atoms with Crippen molar-refractivity contribution in [2.45, 2.75) is 12.5 Å². The number of esters is 1. The Labute approximate surface area is 114 Å². The van der Waals surface area contributed by atoms with Crippen LogP contribution in [0.25, 0.3) is 10.9 Å². The molecule has 0 spiro atoms. The fraction of sp³-hybridized carbons (Fsp3) is 0.231. The zero-order valence-electron chi connectivity index (χ0n) is 10.3. The van der Waals surface area contributed by atoms with Gasteiger partial charge in [-0.2, -0.15) is 0 Å². The highest BCUT2D eigenvalue weighted by Gasteiger charge is 2.22. The molecule has 1 aromatic heterocycles. The lowest BCUT2D eigenvalue weighted by molar-refractivity contribution is -0.142. The van der Waals surface area contributed by atoms with Crippen molar-refractivity contribution in [2.24, 2.45) is 0 Å². The first-order valence-electron chi connectivity index (χ1n) is 5.70. The molecule has 5 nitrogen and oxygen atoms in total. The molecule has 1 amide bonds. The summed E-state index contributed by atoms with van der Waals surface area (Å²) in [7, 11) is 1.27. The second kappa shape index (κ2) is 5.75. The van der Waals surface area contributed by atoms with Crippen molar-refractivity contribution in [3.8, 4) is 0 Å². The number of amides is 1. The maximum absolute atomic E-state index is 11.6. The molecule has 0 aliphatic heterocycles. The van der Waals surface area contributed by atoms with Crippen molar-refractivity contribution in [3.05, 3.63) is 36.0 Å². The van der Waals surface area contributed by atoms with Crippen LogP contribution in [0.3, 0.4) is 0 Å². The highest BCUT2D eigenvalue weighted by molar-refractivity contribution is 6.63. The van der Waals surface area contributed by atoms with Gasteiger partial charge in [-0.05, 0) is 23.2 Å². The lowest BCUT2D eigenvalue weighted by Gasteiger charge is -2.14. The van der Waals surface area contributed by atoms with Gasteiger partial charge >= 0.3 is 11.3 Å². The van der Waals surface area contributed by atoms with Gasteiger partial charge in [-0.3, -0.25) is 4.79 Å². The Balaban J connectivity index is 2.25. The average Bonchev–Trinajstić information content (AvgIpc) is 2.80. The molecule has 0 saturated carbocycles. The first-order valence-corrected chi connectivity index (χ1v) is 6.08. The number of methoxy groups -OCH3 is 1. The second-order valence-corrected chi connectivity index (χ2v) is 4.40. The van der Waals surface area contributed by atoms with Crippen LogP contribution in [0.2, 0.25) is 0 Å². The number of carbonyl (C=O) groups excluding carboxylic acids is 2. The Morgan fingerprint density at radius 1 is 1.42 bits per heavy atom. The minimum atomic E-state index is -0.797. The van der Waals surface area contributed by atoms with Crippen molar-refractivity contribution < 1.29 is 14.3 Å². The van der Waals surface area contributed by atoms with Gasteiger partial charge in [0.15, 0.2) is 0 Å². The third-order valence-electron chi connectivity index (χ3n) is 2.87. The number of ether oxygens (including phenoxy) is 1. The second-order valence-electron chi connectivity index (χ2n) is 4.06. The minimum absolute atomic E-state index is 0.315. The van der Waals surface area contributed by atoms with Crippen molar-refractivity contribution in [1.82, 2.24) is 10.3 Å². The summed E-state index contributed by atoms with van der Waals surface area (Å²) in [4.78, 5) is 25.6. The molecule has 1 heterocycles. The minimum Gasteiger partial charge on any atom is -0.467 e. The number of rotatable bonds is 4. The lowest BCUT2D eigenvalue weighted by atomic mass is 10.1. The van der Waals surface area contributed by atoms with Gasteiger partial charge in [-0.1, -0.05) is 18.2 Å². The Bertz CT molecular complexity index is 609. The Kier molecular flexibility index (Phi) is 4.06. The molecule has 0 radical (unpaired) electrons. The van der Waals surface area contributed by atoms with E-state index < -0.39 is 17.4 Å². The topological polar surface area (TPSA) is 71.2 Å². The van der Waals surface area contributed by atoms with Crippen LogP contribution in [0, 0.1) is 0 Å². The van der Waals surface area contributed by atoms with Crippen molar-refractivity contribution in [2.75, 3.05) is 7.11 Å². The van der Waals surface area contributed by atoms with Crippen molar-refractivity contribution >= 4 is 33.8 Å². The van der Waals surface area contributed by atoms with Gasteiger partial charge in [-0.15, -0.1) is 0 Å². The van der Waals surface area contributed by atoms with Gasteiger partial charge in [0, 0.05) is 23.5 Å². The zero-order valence-corrected chi connectivity index (χ0v) is 11.0. The van der Waals surface area contributed by atoms with Gasteiger partial charge in [0.25, 0.3) is 0 Å². The average molecular weight is 281 g/mol. The number of hydrogen-bond donors (Lipinski definition) is 2. The molecule has 1 aromatic carbocycles. The summed E-state index contributed by atoms with van der Waals surface area (Å²) in [5, 5.41) is 2.59. The molecular formula is C13H13ClN2O3. The van der Waals surface area contributed by atoms with E-state index in [4.69, 9.17) is 11.6 Å². The molecule has 2 N–H and O–H groups in total. The van der Waals surface area contributed by atoms with Crippen molar-refractivity contribution in [3.63, 3.8) is 0 Å². The summed E-state index contributed by atoms with van der Waals surface area (Å²) >= 11 is 5.27. The summed E-state index contributed by atoms with van der Waals surface area (Å²) in [5.74, 6) is -0.528. The molecule has 2 aromatic rings. The van der Waals surface area contributed by atoms with Gasteiger partial charge < -0.3 is 15.0 Å². The van der Waals surface area contributed by atoms with E-state index in [2.05, 4.69) is 15.0 Å². The number of benzene rings is 1. The number of carbonyl (C=O) groups is 2. The van der Waals surface area contributed by atoms with E-state index in [0.717, 1.165) is 16.5 Å². The highest BCUT2D eigenvalue weighted by Crippen LogP contribution is 2.19. The molecule has 1 atom stereocenters. The number of para-hydroxylation sites is 1. The summed E-state index contributed by atoms with van der Waals surface area (Å²) in [6, 6.07) is 6.91. The maximum atomic E-state index is 11.6. The van der Waals surface area contributed by atoms with Gasteiger partial charge in [0.1, 0.15) is 6.04 Å². The Hall–Kier alpha value is -2.01. The van der Waals surface area contributed by atoms with E-state index in [1.165, 1.54) is 7.11 Å². The monoisotopic (exact) mass is 280 g/mol. The van der Waals surface area contributed by atoms with Crippen LogP contribution in [0.4, 0.5) is 4.79 Å². The van der Waals surface area contributed by atoms with Gasteiger partial charge in [-0.25, -0.2) is 4.79 Å². The number of halogens is 1. The molecule has 0 fully saturated rings. The summed E-state index contributed by atoms with van der Waals surface area (Å²) < 4.78 is 4.65. The van der Waals surface area contributed by atoms with Crippen LogP contribution >= 0.6 is 11.6 Å². The molecule has 0 bridgehead atoms. The van der Waals surface area contributed by atoms with Gasteiger partial charge in [0.05, 0.1) is 7.11 Å². The number of aromatic amines is 1. The SMILES string of the molecule is COC(=O)[C@H](Cc1c[nH]c2ccccc12)NC(=O)Cl. The highest BCUT2D eigenvalue weighted by atomic mass is 35.5. The van der Waals surface area contributed by atoms with Crippen LogP contribution in [-0.4, -0.2) is 29.5 Å². The number of hydrogen-bond acceptors (Lipinski definition) is 3. The van der Waals surface area contributed by atoms with E-state index in [1.807, 2.05) is 24.3 Å². The Morgan fingerprint density at radius 3 is 2.84 bits per heavy atom. The number of aromatic nitrogens is 1. The number of nitrogens with one attached hydrogen (secondary N) is 2. The molecular weight excluding hydrogens is 268 g/mol. The first kappa shape index (κ1) is 13.4. The zero-order chi connectivity index (χ0) is 13.8. The first-order chi connectivity index (χ1) is 9.11. The van der Waals surface area contributed by atoms with Crippen LogP contribution in [0.5, 0.6) is 0 Å². The van der Waals surface area contributed by atoms with Crippen LogP contribution < -0.4 is 5.32 Å². The van der Waals surface area contributed by atoms with E-state index in [-0.39, 0.29) is 0 Å². The molecule has 19 heavy (non-hydrogen) atoms. The lowest BCUT2D eigenvalue weighted by Crippen LogP contribution is -2.40. The molecule has 6 heteroatoms. The number of H-pyrrole nitrogens is 1. The molecule has 0 unspecified atom stereocenters. The van der Waals surface area contributed by atoms with E-state index >= 15 is 0 Å². The summed E-state index contributed by atoms with van der Waals surface area (Å²) in [5.41, 5.74) is 1.88. The Morgan fingerprint density at radius 2 is 2.16 bits per heavy atom.